The summed E-state index contributed by atoms with van der Waals surface area (Å²) in [4.78, 5) is 13.3. The fourth-order valence-electron chi connectivity index (χ4n) is 3.70. The minimum atomic E-state index is -0.0834. The maximum absolute atomic E-state index is 12.6. The number of nitrogens with one attached hydrogen (secondary N) is 1. The van der Waals surface area contributed by atoms with Gasteiger partial charge in [0.05, 0.1) is 18.2 Å². The van der Waals surface area contributed by atoms with Crippen molar-refractivity contribution in [3.8, 4) is 28.0 Å². The summed E-state index contributed by atoms with van der Waals surface area (Å²) < 4.78 is 7.55. The molecule has 158 valence electrons. The summed E-state index contributed by atoms with van der Waals surface area (Å²) in [6.07, 6.45) is 3.82. The number of fused-ring (bicyclic) bond motifs is 1. The number of hydrogen-bond donors (Lipinski definition) is 1. The van der Waals surface area contributed by atoms with Crippen LogP contribution in [0, 0.1) is 0 Å². The molecule has 0 unspecified atom stereocenters. The number of aromatic nitrogens is 2. The van der Waals surface area contributed by atoms with Gasteiger partial charge < -0.3 is 10.1 Å². The van der Waals surface area contributed by atoms with Gasteiger partial charge in [-0.25, -0.2) is 4.52 Å². The van der Waals surface area contributed by atoms with E-state index in [4.69, 9.17) is 4.74 Å². The molecule has 0 fully saturated rings. The molecule has 0 saturated carbocycles. The number of amides is 1. The van der Waals surface area contributed by atoms with Crippen LogP contribution in [0.4, 0.5) is 0 Å². The minimum Gasteiger partial charge on any atom is -0.494 e. The molecule has 1 amide bonds. The largest absolute Gasteiger partial charge is 0.494 e. The monoisotopic (exact) mass is 439 g/mol. The quantitative estimate of drug-likeness (QED) is 0.371. The molecule has 3 heterocycles. The van der Waals surface area contributed by atoms with Crippen molar-refractivity contribution in [3.05, 3.63) is 101 Å². The van der Waals surface area contributed by atoms with Gasteiger partial charge in [-0.1, -0.05) is 60.7 Å². The maximum atomic E-state index is 12.6. The SMILES string of the molecule is COc1cc(-c2ccccc2)cn2ncc(-c3csc(C(=O)NCc4ccccc4)c3)c12. The number of carbonyl (C=O) groups is 1. The van der Waals surface area contributed by atoms with Gasteiger partial charge in [0, 0.05) is 23.9 Å². The third kappa shape index (κ3) is 3.88. The standard InChI is InChI=1S/C26H21N3O2S/c1-31-23-12-20(19-10-6-3-7-11-19)16-29-25(23)22(15-28-29)21-13-24(32-17-21)26(30)27-14-18-8-4-2-5-9-18/h2-13,15-17H,14H2,1H3,(H,27,30). The lowest BCUT2D eigenvalue weighted by Crippen LogP contribution is -2.21. The molecule has 32 heavy (non-hydrogen) atoms. The molecule has 0 spiro atoms. The Kier molecular flexibility index (Phi) is 5.44. The summed E-state index contributed by atoms with van der Waals surface area (Å²) in [7, 11) is 1.66. The van der Waals surface area contributed by atoms with Gasteiger partial charge in [0.15, 0.2) is 0 Å². The van der Waals surface area contributed by atoms with E-state index in [-0.39, 0.29) is 5.91 Å². The van der Waals surface area contributed by atoms with Crippen LogP contribution in [-0.4, -0.2) is 22.6 Å². The maximum Gasteiger partial charge on any atom is 0.261 e. The van der Waals surface area contributed by atoms with Crippen LogP contribution in [0.3, 0.4) is 0 Å². The van der Waals surface area contributed by atoms with E-state index in [1.165, 1.54) is 11.3 Å². The van der Waals surface area contributed by atoms with E-state index < -0.39 is 0 Å². The van der Waals surface area contributed by atoms with Crippen LogP contribution in [0.2, 0.25) is 0 Å². The lowest BCUT2D eigenvalue weighted by atomic mass is 10.1. The Bertz CT molecular complexity index is 1370. The Morgan fingerprint density at radius 1 is 1.00 bits per heavy atom. The highest BCUT2D eigenvalue weighted by atomic mass is 32.1. The smallest absolute Gasteiger partial charge is 0.261 e. The van der Waals surface area contributed by atoms with Crippen molar-refractivity contribution in [2.45, 2.75) is 6.54 Å². The first-order chi connectivity index (χ1) is 15.7. The first kappa shape index (κ1) is 20.0. The predicted molar refractivity (Wildman–Crippen MR) is 128 cm³/mol. The summed E-state index contributed by atoms with van der Waals surface area (Å²) in [6, 6.07) is 24.0. The zero-order valence-corrected chi connectivity index (χ0v) is 18.3. The molecular weight excluding hydrogens is 418 g/mol. The number of benzene rings is 2. The summed E-state index contributed by atoms with van der Waals surface area (Å²) >= 11 is 1.42. The summed E-state index contributed by atoms with van der Waals surface area (Å²) in [5.41, 5.74) is 5.94. The van der Waals surface area contributed by atoms with Gasteiger partial charge in [-0.05, 0) is 34.2 Å². The number of methoxy groups -OCH3 is 1. The summed E-state index contributed by atoms with van der Waals surface area (Å²) in [6.45, 7) is 0.500. The number of pyridine rings is 1. The molecule has 5 nitrogen and oxygen atoms in total. The van der Waals surface area contributed by atoms with E-state index in [0.29, 0.717) is 11.4 Å². The molecule has 3 aromatic heterocycles. The highest BCUT2D eigenvalue weighted by molar-refractivity contribution is 7.12. The van der Waals surface area contributed by atoms with Crippen LogP contribution >= 0.6 is 11.3 Å². The van der Waals surface area contributed by atoms with Crippen molar-refractivity contribution in [1.82, 2.24) is 14.9 Å². The van der Waals surface area contributed by atoms with Gasteiger partial charge in [-0.15, -0.1) is 11.3 Å². The van der Waals surface area contributed by atoms with E-state index in [1.807, 2.05) is 83.0 Å². The Labute approximate surface area is 189 Å². The third-order valence-electron chi connectivity index (χ3n) is 5.33. The van der Waals surface area contributed by atoms with Gasteiger partial charge in [0.2, 0.25) is 0 Å². The van der Waals surface area contributed by atoms with Gasteiger partial charge >= 0.3 is 0 Å². The molecule has 2 aromatic carbocycles. The van der Waals surface area contributed by atoms with Crippen molar-refractivity contribution < 1.29 is 9.53 Å². The van der Waals surface area contributed by atoms with E-state index in [0.717, 1.165) is 39.1 Å². The Balaban J connectivity index is 1.44. The summed E-state index contributed by atoms with van der Waals surface area (Å²) in [5, 5.41) is 9.53. The molecule has 0 aliphatic rings. The number of carbonyl (C=O) groups excluding carboxylic acids is 1. The molecule has 0 radical (unpaired) electrons. The zero-order valence-electron chi connectivity index (χ0n) is 17.5. The van der Waals surface area contributed by atoms with Gasteiger partial charge in [0.1, 0.15) is 11.3 Å². The third-order valence-corrected chi connectivity index (χ3v) is 6.26. The molecule has 0 aliphatic heterocycles. The number of thiophene rings is 1. The van der Waals surface area contributed by atoms with Crippen LogP contribution in [-0.2, 0) is 6.54 Å². The fourth-order valence-corrected chi connectivity index (χ4v) is 4.52. The molecule has 5 aromatic rings. The topological polar surface area (TPSA) is 55.6 Å². The summed E-state index contributed by atoms with van der Waals surface area (Å²) in [5.74, 6) is 0.653. The molecule has 0 saturated heterocycles. The van der Waals surface area contributed by atoms with Crippen molar-refractivity contribution >= 4 is 22.8 Å². The minimum absolute atomic E-state index is 0.0834. The number of ether oxygens (including phenoxy) is 1. The molecule has 5 rings (SSSR count). The first-order valence-corrected chi connectivity index (χ1v) is 11.1. The van der Waals surface area contributed by atoms with Gasteiger partial charge in [-0.3, -0.25) is 4.79 Å². The van der Waals surface area contributed by atoms with Crippen LogP contribution in [0.25, 0.3) is 27.8 Å². The van der Waals surface area contributed by atoms with Crippen molar-refractivity contribution in [1.29, 1.82) is 0 Å². The molecule has 0 atom stereocenters. The Hall–Kier alpha value is -3.90. The fraction of sp³-hybridized carbons (Fsp3) is 0.0769. The normalized spacial score (nSPS) is 10.9. The van der Waals surface area contributed by atoms with E-state index >= 15 is 0 Å². The number of nitrogens with zero attached hydrogens (tertiary/aromatic N) is 2. The molecule has 0 aliphatic carbocycles. The Morgan fingerprint density at radius 3 is 2.50 bits per heavy atom. The highest BCUT2D eigenvalue weighted by Crippen LogP contribution is 2.36. The second-order valence-corrected chi connectivity index (χ2v) is 8.29. The van der Waals surface area contributed by atoms with Crippen molar-refractivity contribution in [2.75, 3.05) is 7.11 Å². The molecule has 1 N–H and O–H groups in total. The van der Waals surface area contributed by atoms with Crippen LogP contribution in [0.1, 0.15) is 15.2 Å². The lowest BCUT2D eigenvalue weighted by Gasteiger charge is -2.09. The first-order valence-electron chi connectivity index (χ1n) is 10.2. The number of hydrogen-bond acceptors (Lipinski definition) is 4. The van der Waals surface area contributed by atoms with E-state index in [2.05, 4.69) is 22.5 Å². The highest BCUT2D eigenvalue weighted by Gasteiger charge is 2.17. The molecular formula is C26H21N3O2S. The zero-order chi connectivity index (χ0) is 21.9. The predicted octanol–water partition coefficient (Wildman–Crippen LogP) is 5.67. The number of rotatable bonds is 6. The van der Waals surface area contributed by atoms with E-state index in [9.17, 15) is 4.79 Å². The van der Waals surface area contributed by atoms with E-state index in [1.54, 1.807) is 7.11 Å². The van der Waals surface area contributed by atoms with Crippen molar-refractivity contribution in [3.63, 3.8) is 0 Å². The average Bonchev–Trinajstić information content (AvgIpc) is 3.50. The van der Waals surface area contributed by atoms with Gasteiger partial charge in [0.25, 0.3) is 5.91 Å². The van der Waals surface area contributed by atoms with Crippen LogP contribution < -0.4 is 10.1 Å². The Morgan fingerprint density at radius 2 is 1.75 bits per heavy atom. The van der Waals surface area contributed by atoms with Gasteiger partial charge in [-0.2, -0.15) is 5.10 Å². The second-order valence-electron chi connectivity index (χ2n) is 7.38. The second kappa shape index (κ2) is 8.69. The molecule has 6 heteroatoms. The van der Waals surface area contributed by atoms with Crippen LogP contribution in [0.15, 0.2) is 90.6 Å². The van der Waals surface area contributed by atoms with Crippen molar-refractivity contribution in [2.24, 2.45) is 0 Å². The average molecular weight is 440 g/mol. The lowest BCUT2D eigenvalue weighted by molar-refractivity contribution is 0.0955. The van der Waals surface area contributed by atoms with Crippen LogP contribution in [0.5, 0.6) is 5.75 Å². The molecule has 0 bridgehead atoms.